The van der Waals surface area contributed by atoms with Crippen LogP contribution in [0.15, 0.2) is 41.8 Å². The highest BCUT2D eigenvalue weighted by atomic mass is 32.1. The van der Waals surface area contributed by atoms with Gasteiger partial charge < -0.3 is 0 Å². The Morgan fingerprint density at radius 2 is 1.74 bits per heavy atom. The first kappa shape index (κ1) is 19.1. The van der Waals surface area contributed by atoms with E-state index in [1.54, 1.807) is 0 Å². The molecule has 0 unspecified atom stereocenters. The molecule has 3 rings (SSSR count). The van der Waals surface area contributed by atoms with Crippen LogP contribution in [-0.4, -0.2) is 10.9 Å². The van der Waals surface area contributed by atoms with Crippen LogP contribution in [0.1, 0.15) is 32.6 Å². The lowest BCUT2D eigenvalue weighted by atomic mass is 9.98. The molecule has 1 amide bonds. The van der Waals surface area contributed by atoms with Gasteiger partial charge in [0.2, 0.25) is 0 Å². The standard InChI is InChI=1S/C20H17F3N2OS/c1-11-7-12(2)17(13(3)8-11)16-10-27-19(24-16)25-18(26)14-5-4-6-15(9-14)20(21,22)23/h4-10H,1-3H3,(H,24,25,26). The van der Waals surface area contributed by atoms with Crippen LogP contribution in [-0.2, 0) is 6.18 Å². The van der Waals surface area contributed by atoms with Gasteiger partial charge >= 0.3 is 6.18 Å². The largest absolute Gasteiger partial charge is 0.416 e. The molecule has 140 valence electrons. The summed E-state index contributed by atoms with van der Waals surface area (Å²) in [7, 11) is 0. The van der Waals surface area contributed by atoms with Gasteiger partial charge in [-0.3, -0.25) is 10.1 Å². The number of aryl methyl sites for hydroxylation is 3. The van der Waals surface area contributed by atoms with Crippen LogP contribution in [0, 0.1) is 20.8 Å². The van der Waals surface area contributed by atoms with E-state index >= 15 is 0 Å². The van der Waals surface area contributed by atoms with Crippen LogP contribution < -0.4 is 5.32 Å². The minimum atomic E-state index is -4.49. The van der Waals surface area contributed by atoms with Gasteiger partial charge in [-0.2, -0.15) is 13.2 Å². The molecule has 1 heterocycles. The van der Waals surface area contributed by atoms with Gasteiger partial charge in [-0.15, -0.1) is 11.3 Å². The normalized spacial score (nSPS) is 11.5. The topological polar surface area (TPSA) is 42.0 Å². The van der Waals surface area contributed by atoms with Gasteiger partial charge in [-0.25, -0.2) is 4.98 Å². The molecule has 2 aromatic carbocycles. The molecule has 1 N–H and O–H groups in total. The van der Waals surface area contributed by atoms with E-state index in [-0.39, 0.29) is 5.56 Å². The van der Waals surface area contributed by atoms with Crippen molar-refractivity contribution in [2.45, 2.75) is 26.9 Å². The Morgan fingerprint density at radius 1 is 1.07 bits per heavy atom. The number of aromatic nitrogens is 1. The number of benzene rings is 2. The molecule has 0 aliphatic carbocycles. The monoisotopic (exact) mass is 390 g/mol. The van der Waals surface area contributed by atoms with Crippen molar-refractivity contribution in [3.05, 3.63) is 69.6 Å². The van der Waals surface area contributed by atoms with Crippen LogP contribution in [0.3, 0.4) is 0 Å². The molecular formula is C20H17F3N2OS. The molecule has 0 atom stereocenters. The van der Waals surface area contributed by atoms with E-state index in [0.29, 0.717) is 5.13 Å². The van der Waals surface area contributed by atoms with Crippen LogP contribution in [0.2, 0.25) is 0 Å². The van der Waals surface area contributed by atoms with Crippen molar-refractivity contribution in [1.29, 1.82) is 0 Å². The quantitative estimate of drug-likeness (QED) is 0.595. The van der Waals surface area contributed by atoms with E-state index in [9.17, 15) is 18.0 Å². The van der Waals surface area contributed by atoms with Crippen molar-refractivity contribution in [2.75, 3.05) is 5.32 Å². The minimum absolute atomic E-state index is 0.0655. The molecule has 0 saturated heterocycles. The van der Waals surface area contributed by atoms with Crippen LogP contribution in [0.4, 0.5) is 18.3 Å². The molecule has 0 saturated carbocycles. The van der Waals surface area contributed by atoms with Crippen molar-refractivity contribution in [3.8, 4) is 11.3 Å². The summed E-state index contributed by atoms with van der Waals surface area (Å²) in [5.74, 6) is -0.626. The molecule has 3 nitrogen and oxygen atoms in total. The summed E-state index contributed by atoms with van der Waals surface area (Å²) in [6.45, 7) is 6.01. The fourth-order valence-corrected chi connectivity index (χ4v) is 3.73. The van der Waals surface area contributed by atoms with Gasteiger partial charge in [-0.1, -0.05) is 23.8 Å². The smallest absolute Gasteiger partial charge is 0.298 e. The number of carbonyl (C=O) groups is 1. The number of anilines is 1. The zero-order chi connectivity index (χ0) is 19.8. The maximum Gasteiger partial charge on any atom is 0.416 e. The summed E-state index contributed by atoms with van der Waals surface area (Å²) in [5.41, 5.74) is 4.11. The summed E-state index contributed by atoms with van der Waals surface area (Å²) in [6.07, 6.45) is -4.49. The summed E-state index contributed by atoms with van der Waals surface area (Å²) in [5, 5.41) is 4.74. The highest BCUT2D eigenvalue weighted by Crippen LogP contribution is 2.32. The fourth-order valence-electron chi connectivity index (χ4n) is 3.04. The Balaban J connectivity index is 1.84. The zero-order valence-electron chi connectivity index (χ0n) is 14.9. The highest BCUT2D eigenvalue weighted by molar-refractivity contribution is 7.14. The van der Waals surface area contributed by atoms with Gasteiger partial charge in [-0.05, 0) is 50.1 Å². The van der Waals surface area contributed by atoms with E-state index in [1.807, 2.05) is 26.2 Å². The van der Waals surface area contributed by atoms with E-state index in [1.165, 1.54) is 23.5 Å². The number of halogens is 3. The maximum absolute atomic E-state index is 12.8. The Labute approximate surface area is 158 Å². The second-order valence-electron chi connectivity index (χ2n) is 6.34. The predicted molar refractivity (Wildman–Crippen MR) is 101 cm³/mol. The molecule has 7 heteroatoms. The lowest BCUT2D eigenvalue weighted by Crippen LogP contribution is -2.13. The Morgan fingerprint density at radius 3 is 2.37 bits per heavy atom. The third kappa shape index (κ3) is 4.19. The van der Waals surface area contributed by atoms with Crippen LogP contribution >= 0.6 is 11.3 Å². The average Bonchev–Trinajstić information content (AvgIpc) is 3.01. The second-order valence-corrected chi connectivity index (χ2v) is 7.20. The molecule has 0 radical (unpaired) electrons. The molecule has 0 bridgehead atoms. The van der Waals surface area contributed by atoms with Gasteiger partial charge in [0.15, 0.2) is 5.13 Å². The van der Waals surface area contributed by atoms with E-state index in [4.69, 9.17) is 0 Å². The lowest BCUT2D eigenvalue weighted by molar-refractivity contribution is -0.137. The SMILES string of the molecule is Cc1cc(C)c(-c2csc(NC(=O)c3cccc(C(F)(F)F)c3)n2)c(C)c1. The molecule has 0 fully saturated rings. The minimum Gasteiger partial charge on any atom is -0.298 e. The van der Waals surface area contributed by atoms with E-state index in [0.717, 1.165) is 40.1 Å². The number of hydrogen-bond acceptors (Lipinski definition) is 3. The summed E-state index contributed by atoms with van der Waals surface area (Å²) in [6, 6.07) is 8.43. The molecule has 27 heavy (non-hydrogen) atoms. The lowest BCUT2D eigenvalue weighted by Gasteiger charge is -2.09. The van der Waals surface area contributed by atoms with Crippen LogP contribution in [0.25, 0.3) is 11.3 Å². The molecule has 3 aromatic rings. The molecule has 0 aliphatic heterocycles. The van der Waals surface area contributed by atoms with Gasteiger partial charge in [0.25, 0.3) is 5.91 Å². The number of thiazole rings is 1. The summed E-state index contributed by atoms with van der Waals surface area (Å²) < 4.78 is 38.4. The molecular weight excluding hydrogens is 373 g/mol. The Bertz CT molecular complexity index is 985. The Kier molecular flexibility index (Phi) is 5.06. The van der Waals surface area contributed by atoms with Crippen LogP contribution in [0.5, 0.6) is 0 Å². The number of nitrogens with zero attached hydrogens (tertiary/aromatic N) is 1. The van der Waals surface area contributed by atoms with Crippen molar-refractivity contribution in [2.24, 2.45) is 0 Å². The third-order valence-corrected chi connectivity index (χ3v) is 4.87. The Hall–Kier alpha value is -2.67. The number of rotatable bonds is 3. The average molecular weight is 390 g/mol. The van der Waals surface area contributed by atoms with Gasteiger partial charge in [0, 0.05) is 16.5 Å². The summed E-state index contributed by atoms with van der Waals surface area (Å²) in [4.78, 5) is 16.7. The third-order valence-electron chi connectivity index (χ3n) is 4.11. The fraction of sp³-hybridized carbons (Fsp3) is 0.200. The van der Waals surface area contributed by atoms with Crippen molar-refractivity contribution >= 4 is 22.4 Å². The second kappa shape index (κ2) is 7.15. The number of hydrogen-bond donors (Lipinski definition) is 1. The van der Waals surface area contributed by atoms with Crippen molar-refractivity contribution < 1.29 is 18.0 Å². The van der Waals surface area contributed by atoms with E-state index in [2.05, 4.69) is 22.4 Å². The molecule has 1 aromatic heterocycles. The zero-order valence-corrected chi connectivity index (χ0v) is 15.8. The van der Waals surface area contributed by atoms with Gasteiger partial charge in [0.05, 0.1) is 11.3 Å². The first-order chi connectivity index (χ1) is 12.6. The van der Waals surface area contributed by atoms with E-state index < -0.39 is 17.6 Å². The summed E-state index contributed by atoms with van der Waals surface area (Å²) >= 11 is 1.23. The molecule has 0 aliphatic rings. The predicted octanol–water partition coefficient (Wildman–Crippen LogP) is 6.01. The number of amides is 1. The first-order valence-electron chi connectivity index (χ1n) is 8.17. The van der Waals surface area contributed by atoms with Crippen molar-refractivity contribution in [3.63, 3.8) is 0 Å². The molecule has 0 spiro atoms. The number of nitrogens with one attached hydrogen (secondary N) is 1. The number of carbonyl (C=O) groups excluding carboxylic acids is 1. The van der Waals surface area contributed by atoms with Crippen molar-refractivity contribution in [1.82, 2.24) is 4.98 Å². The maximum atomic E-state index is 12.8. The van der Waals surface area contributed by atoms with Gasteiger partial charge in [0.1, 0.15) is 0 Å². The first-order valence-corrected chi connectivity index (χ1v) is 9.05. The number of alkyl halides is 3. The highest BCUT2D eigenvalue weighted by Gasteiger charge is 2.31.